The summed E-state index contributed by atoms with van der Waals surface area (Å²) >= 11 is 1.57. The lowest BCUT2D eigenvalue weighted by molar-refractivity contribution is -0.127. The van der Waals surface area contributed by atoms with Crippen LogP contribution in [0.3, 0.4) is 0 Å². The fourth-order valence-electron chi connectivity index (χ4n) is 2.48. The van der Waals surface area contributed by atoms with Crippen LogP contribution in [0, 0.1) is 5.92 Å². The van der Waals surface area contributed by atoms with E-state index in [9.17, 15) is 4.79 Å². The van der Waals surface area contributed by atoms with E-state index in [1.807, 2.05) is 4.52 Å². The fraction of sp³-hybridized carbons (Fsp3) is 0.692. The average Bonchev–Trinajstić information content (AvgIpc) is 2.99. The molecule has 2 aromatic heterocycles. The highest BCUT2D eigenvalue weighted by Gasteiger charge is 2.30. The smallest absolute Gasteiger partial charge is 0.234 e. The molecule has 2 aliphatic carbocycles. The molecule has 2 fully saturated rings. The molecule has 106 valence electrons. The topological polar surface area (TPSA) is 72.2 Å². The van der Waals surface area contributed by atoms with Crippen molar-refractivity contribution in [3.8, 4) is 0 Å². The van der Waals surface area contributed by atoms with Crippen LogP contribution in [0.25, 0.3) is 4.96 Å². The van der Waals surface area contributed by atoms with Crippen LogP contribution in [-0.4, -0.2) is 32.3 Å². The monoisotopic (exact) mass is 291 g/mol. The normalized spacial score (nSPS) is 19.2. The van der Waals surface area contributed by atoms with Crippen LogP contribution in [0.2, 0.25) is 0 Å². The zero-order valence-corrected chi connectivity index (χ0v) is 12.0. The second-order valence-electron chi connectivity index (χ2n) is 5.69. The van der Waals surface area contributed by atoms with E-state index < -0.39 is 0 Å². The molecular weight excluding hydrogens is 274 g/mol. The zero-order chi connectivity index (χ0) is 13.5. The van der Waals surface area contributed by atoms with Crippen molar-refractivity contribution in [1.82, 2.24) is 25.1 Å². The van der Waals surface area contributed by atoms with Crippen molar-refractivity contribution < 1.29 is 4.79 Å². The van der Waals surface area contributed by atoms with Gasteiger partial charge in [-0.15, -0.1) is 10.2 Å². The number of hydrogen-bond donors (Lipinski definition) is 1. The van der Waals surface area contributed by atoms with E-state index in [1.165, 1.54) is 19.3 Å². The summed E-state index contributed by atoms with van der Waals surface area (Å²) in [4.78, 5) is 12.6. The maximum absolute atomic E-state index is 11.7. The molecule has 0 saturated heterocycles. The molecule has 2 aromatic rings. The Morgan fingerprint density at radius 3 is 2.85 bits per heavy atom. The maximum atomic E-state index is 11.7. The van der Waals surface area contributed by atoms with Crippen molar-refractivity contribution in [2.24, 2.45) is 5.92 Å². The SMILES string of the molecule is O=C(NCCc1nn2c(C3CC3)nnc2s1)C1CCC1. The summed E-state index contributed by atoms with van der Waals surface area (Å²) in [5.74, 6) is 2.02. The predicted octanol–water partition coefficient (Wildman–Crippen LogP) is 1.52. The Morgan fingerprint density at radius 1 is 1.30 bits per heavy atom. The Morgan fingerprint density at radius 2 is 2.15 bits per heavy atom. The van der Waals surface area contributed by atoms with Crippen LogP contribution in [0.15, 0.2) is 0 Å². The van der Waals surface area contributed by atoms with Crippen LogP contribution < -0.4 is 5.32 Å². The van der Waals surface area contributed by atoms with Gasteiger partial charge in [0, 0.05) is 24.8 Å². The van der Waals surface area contributed by atoms with E-state index in [2.05, 4.69) is 20.6 Å². The van der Waals surface area contributed by atoms with Crippen LogP contribution in [-0.2, 0) is 11.2 Å². The molecule has 0 bridgehead atoms. The summed E-state index contributed by atoms with van der Waals surface area (Å²) in [6.07, 6.45) is 6.46. The van der Waals surface area contributed by atoms with Gasteiger partial charge in [-0.05, 0) is 25.7 Å². The van der Waals surface area contributed by atoms with Crippen LogP contribution >= 0.6 is 11.3 Å². The van der Waals surface area contributed by atoms with Gasteiger partial charge in [-0.3, -0.25) is 4.79 Å². The zero-order valence-electron chi connectivity index (χ0n) is 11.2. The maximum Gasteiger partial charge on any atom is 0.234 e. The number of carbonyl (C=O) groups is 1. The number of nitrogens with zero attached hydrogens (tertiary/aromatic N) is 4. The second kappa shape index (κ2) is 4.80. The highest BCUT2D eigenvalue weighted by molar-refractivity contribution is 7.16. The fourth-order valence-corrected chi connectivity index (χ4v) is 3.32. The Hall–Kier alpha value is -1.50. The number of carbonyl (C=O) groups excluding carboxylic acids is 1. The largest absolute Gasteiger partial charge is 0.355 e. The van der Waals surface area contributed by atoms with Crippen LogP contribution in [0.5, 0.6) is 0 Å². The van der Waals surface area contributed by atoms with Crippen molar-refractivity contribution in [2.75, 3.05) is 6.54 Å². The van der Waals surface area contributed by atoms with E-state index in [-0.39, 0.29) is 11.8 Å². The first-order valence-corrected chi connectivity index (χ1v) is 8.11. The lowest BCUT2D eigenvalue weighted by atomic mass is 9.85. The molecule has 1 N–H and O–H groups in total. The van der Waals surface area contributed by atoms with Gasteiger partial charge >= 0.3 is 0 Å². The number of fused-ring (bicyclic) bond motifs is 1. The third kappa shape index (κ3) is 2.19. The molecule has 1 amide bonds. The Bertz CT molecular complexity index is 640. The van der Waals surface area contributed by atoms with Crippen molar-refractivity contribution in [3.05, 3.63) is 10.8 Å². The number of amides is 1. The molecule has 20 heavy (non-hydrogen) atoms. The molecular formula is C13H17N5OS. The van der Waals surface area contributed by atoms with Gasteiger partial charge in [-0.1, -0.05) is 17.8 Å². The molecule has 2 aliphatic rings. The average molecular weight is 291 g/mol. The van der Waals surface area contributed by atoms with E-state index in [0.717, 1.165) is 35.1 Å². The van der Waals surface area contributed by atoms with Gasteiger partial charge in [0.25, 0.3) is 0 Å². The number of nitrogens with one attached hydrogen (secondary N) is 1. The van der Waals surface area contributed by atoms with Gasteiger partial charge in [0.15, 0.2) is 5.82 Å². The molecule has 0 aromatic carbocycles. The Balaban J connectivity index is 1.37. The van der Waals surface area contributed by atoms with Crippen LogP contribution in [0.4, 0.5) is 0 Å². The molecule has 0 unspecified atom stereocenters. The third-order valence-electron chi connectivity index (χ3n) is 4.11. The molecule has 4 rings (SSSR count). The molecule has 7 heteroatoms. The van der Waals surface area contributed by atoms with E-state index in [4.69, 9.17) is 0 Å². The summed E-state index contributed by atoms with van der Waals surface area (Å²) in [5.41, 5.74) is 0. The number of rotatable bonds is 5. The van der Waals surface area contributed by atoms with Gasteiger partial charge < -0.3 is 5.32 Å². The van der Waals surface area contributed by atoms with Crippen LogP contribution in [0.1, 0.15) is 48.9 Å². The minimum Gasteiger partial charge on any atom is -0.355 e. The summed E-state index contributed by atoms with van der Waals surface area (Å²) in [6, 6.07) is 0. The molecule has 6 nitrogen and oxygen atoms in total. The summed E-state index contributed by atoms with van der Waals surface area (Å²) < 4.78 is 1.88. The van der Waals surface area contributed by atoms with Gasteiger partial charge in [0.1, 0.15) is 5.01 Å². The molecule has 0 spiro atoms. The quantitative estimate of drug-likeness (QED) is 0.906. The van der Waals surface area contributed by atoms with Gasteiger partial charge in [0.2, 0.25) is 10.9 Å². The highest BCUT2D eigenvalue weighted by Crippen LogP contribution is 2.39. The standard InChI is InChI=1S/C13H17N5OS/c19-12(9-2-1-3-9)14-7-6-10-17-18-11(8-4-5-8)15-16-13(18)20-10/h8-9H,1-7H2,(H,14,19). The lowest BCUT2D eigenvalue weighted by Crippen LogP contribution is -2.35. The van der Waals surface area contributed by atoms with Crippen molar-refractivity contribution in [1.29, 1.82) is 0 Å². The van der Waals surface area contributed by atoms with E-state index >= 15 is 0 Å². The van der Waals surface area contributed by atoms with Gasteiger partial charge in [-0.25, -0.2) is 0 Å². The minimum absolute atomic E-state index is 0.206. The first-order chi connectivity index (χ1) is 9.81. The molecule has 2 saturated carbocycles. The molecule has 0 radical (unpaired) electrons. The van der Waals surface area contributed by atoms with Crippen molar-refractivity contribution in [2.45, 2.75) is 44.4 Å². The minimum atomic E-state index is 0.206. The molecule has 0 atom stereocenters. The predicted molar refractivity (Wildman–Crippen MR) is 74.7 cm³/mol. The molecule has 0 aliphatic heterocycles. The summed E-state index contributed by atoms with van der Waals surface area (Å²) in [5, 5.41) is 17.0. The first kappa shape index (κ1) is 12.3. The van der Waals surface area contributed by atoms with E-state index in [0.29, 0.717) is 12.5 Å². The Kier molecular flexibility index (Phi) is 2.94. The van der Waals surface area contributed by atoms with Crippen molar-refractivity contribution >= 4 is 22.2 Å². The highest BCUT2D eigenvalue weighted by atomic mass is 32.1. The lowest BCUT2D eigenvalue weighted by Gasteiger charge is -2.23. The first-order valence-electron chi connectivity index (χ1n) is 7.30. The second-order valence-corrected chi connectivity index (χ2v) is 6.73. The summed E-state index contributed by atoms with van der Waals surface area (Å²) in [7, 11) is 0. The Labute approximate surface area is 120 Å². The van der Waals surface area contributed by atoms with E-state index in [1.54, 1.807) is 11.3 Å². The number of hydrogen-bond acceptors (Lipinski definition) is 5. The van der Waals surface area contributed by atoms with Crippen molar-refractivity contribution in [3.63, 3.8) is 0 Å². The number of aromatic nitrogens is 4. The summed E-state index contributed by atoms with van der Waals surface area (Å²) in [6.45, 7) is 0.665. The third-order valence-corrected chi connectivity index (χ3v) is 5.07. The molecule has 2 heterocycles. The van der Waals surface area contributed by atoms with Gasteiger partial charge in [-0.2, -0.15) is 9.61 Å². The van der Waals surface area contributed by atoms with Gasteiger partial charge in [0.05, 0.1) is 0 Å².